The summed E-state index contributed by atoms with van der Waals surface area (Å²) in [6, 6.07) is 9.85. The number of amides is 1. The molecule has 1 amide bonds. The smallest absolute Gasteiger partial charge is 0.273 e. The van der Waals surface area contributed by atoms with Gasteiger partial charge < -0.3 is 0 Å². The number of benzene rings is 2. The van der Waals surface area contributed by atoms with E-state index in [1.54, 1.807) is 24.3 Å². The average Bonchev–Trinajstić information content (AvgIpc) is 3.34. The van der Waals surface area contributed by atoms with Crippen LogP contribution in [0.5, 0.6) is 0 Å². The Morgan fingerprint density at radius 2 is 1.90 bits per heavy atom. The Labute approximate surface area is 171 Å². The van der Waals surface area contributed by atoms with Crippen molar-refractivity contribution in [2.24, 2.45) is 17.8 Å². The second kappa shape index (κ2) is 7.31. The topological polar surface area (TPSA) is 64.0 Å². The highest BCUT2D eigenvalue weighted by atomic mass is 19.1. The lowest BCUT2D eigenvalue weighted by Gasteiger charge is -2.21. The lowest BCUT2D eigenvalue weighted by atomic mass is 9.86. The van der Waals surface area contributed by atoms with Crippen LogP contribution in [0, 0.1) is 29.4 Å². The van der Waals surface area contributed by atoms with Gasteiger partial charge in [-0.25, -0.2) is 14.2 Å². The first-order valence-electron chi connectivity index (χ1n) is 10.3. The molecule has 5 rings (SSSR count). The molecule has 2 bridgehead atoms. The van der Waals surface area contributed by atoms with Crippen LogP contribution in [0.1, 0.15) is 32.1 Å². The van der Waals surface area contributed by atoms with E-state index < -0.39 is 17.2 Å². The van der Waals surface area contributed by atoms with E-state index in [9.17, 15) is 18.4 Å². The van der Waals surface area contributed by atoms with Gasteiger partial charge in [0.1, 0.15) is 17.3 Å². The first-order chi connectivity index (χ1) is 14.5. The molecular weight excluding hydrogens is 388 g/mol. The quantitative estimate of drug-likeness (QED) is 0.701. The molecule has 0 aliphatic heterocycles. The first kappa shape index (κ1) is 18.9. The fourth-order valence-corrected chi connectivity index (χ4v) is 5.17. The van der Waals surface area contributed by atoms with Crippen LogP contribution >= 0.6 is 0 Å². The van der Waals surface area contributed by atoms with Crippen molar-refractivity contribution in [1.82, 2.24) is 9.89 Å². The van der Waals surface area contributed by atoms with Crippen LogP contribution in [0.15, 0.2) is 47.3 Å². The number of carbonyl (C=O) groups excluding carboxylic acids is 1. The van der Waals surface area contributed by atoms with Gasteiger partial charge in [-0.3, -0.25) is 9.59 Å². The first-order valence-corrected chi connectivity index (χ1v) is 10.3. The van der Waals surface area contributed by atoms with Crippen molar-refractivity contribution in [3.63, 3.8) is 0 Å². The van der Waals surface area contributed by atoms with E-state index in [2.05, 4.69) is 10.5 Å². The van der Waals surface area contributed by atoms with Crippen LogP contribution in [-0.2, 0) is 4.79 Å². The van der Waals surface area contributed by atoms with Crippen molar-refractivity contribution >= 4 is 16.7 Å². The Bertz CT molecular complexity index is 1210. The molecule has 2 fully saturated rings. The van der Waals surface area contributed by atoms with E-state index in [-0.39, 0.29) is 17.2 Å². The van der Waals surface area contributed by atoms with Crippen LogP contribution < -0.4 is 11.0 Å². The molecule has 0 saturated heterocycles. The standard InChI is InChI=1S/C23H21F2N3O2/c24-16-7-8-19(20(25)12-16)22-17-3-1-2-4-18(17)23(30)28(27-22)26-21(29)11-15-10-13-5-6-14(15)9-13/h1-4,7-8,12-15H,5-6,9-11H2,(H,26,29)/t13-,14+,15-/m1/s1. The number of halogens is 2. The minimum atomic E-state index is -0.786. The fraction of sp³-hybridized carbons (Fsp3) is 0.348. The summed E-state index contributed by atoms with van der Waals surface area (Å²) in [6.45, 7) is 0. The molecule has 0 radical (unpaired) electrons. The number of aromatic nitrogens is 2. The molecule has 30 heavy (non-hydrogen) atoms. The van der Waals surface area contributed by atoms with Gasteiger partial charge in [-0.05, 0) is 55.2 Å². The van der Waals surface area contributed by atoms with Gasteiger partial charge in [-0.1, -0.05) is 24.6 Å². The second-order valence-electron chi connectivity index (χ2n) is 8.41. The zero-order chi connectivity index (χ0) is 20.8. The van der Waals surface area contributed by atoms with Gasteiger partial charge in [0, 0.05) is 23.4 Å². The molecule has 1 N–H and O–H groups in total. The van der Waals surface area contributed by atoms with Gasteiger partial charge >= 0.3 is 0 Å². The normalized spacial score (nSPS) is 22.5. The van der Waals surface area contributed by atoms with E-state index in [1.807, 2.05) is 0 Å². The third kappa shape index (κ3) is 3.28. The van der Waals surface area contributed by atoms with E-state index in [1.165, 1.54) is 25.3 Å². The van der Waals surface area contributed by atoms with Gasteiger partial charge in [0.25, 0.3) is 5.56 Å². The number of fused-ring (bicyclic) bond motifs is 3. The SMILES string of the molecule is O=C(C[C@H]1C[C@@H]2CC[C@H]1C2)Nn1nc(-c2ccc(F)cc2F)c2ccccc2c1=O. The van der Waals surface area contributed by atoms with Crippen LogP contribution in [0.3, 0.4) is 0 Å². The number of hydrogen-bond donors (Lipinski definition) is 1. The largest absolute Gasteiger partial charge is 0.294 e. The van der Waals surface area contributed by atoms with Crippen molar-refractivity contribution in [3.8, 4) is 11.3 Å². The molecule has 1 aromatic heterocycles. The molecule has 2 aliphatic carbocycles. The van der Waals surface area contributed by atoms with Crippen LogP contribution in [0.25, 0.3) is 22.0 Å². The summed E-state index contributed by atoms with van der Waals surface area (Å²) >= 11 is 0. The molecule has 3 aromatic rings. The van der Waals surface area contributed by atoms with Crippen molar-refractivity contribution < 1.29 is 13.6 Å². The molecule has 5 nitrogen and oxygen atoms in total. The van der Waals surface area contributed by atoms with Gasteiger partial charge in [0.05, 0.1) is 5.39 Å². The maximum absolute atomic E-state index is 14.5. The molecular formula is C23H21F2N3O2. The molecule has 2 aromatic carbocycles. The predicted molar refractivity (Wildman–Crippen MR) is 109 cm³/mol. The summed E-state index contributed by atoms with van der Waals surface area (Å²) in [5.74, 6) is -0.107. The van der Waals surface area contributed by atoms with Gasteiger partial charge in [-0.2, -0.15) is 0 Å². The van der Waals surface area contributed by atoms with Crippen LogP contribution in [-0.4, -0.2) is 15.8 Å². The average molecular weight is 409 g/mol. The lowest BCUT2D eigenvalue weighted by Crippen LogP contribution is -2.36. The minimum Gasteiger partial charge on any atom is -0.273 e. The summed E-state index contributed by atoms with van der Waals surface area (Å²) in [6.07, 6.45) is 5.03. The van der Waals surface area contributed by atoms with Gasteiger partial charge in [0.2, 0.25) is 5.91 Å². The van der Waals surface area contributed by atoms with Crippen LogP contribution in [0.4, 0.5) is 8.78 Å². The minimum absolute atomic E-state index is 0.0590. The Hall–Kier alpha value is -3.09. The Morgan fingerprint density at radius 3 is 2.60 bits per heavy atom. The zero-order valence-corrected chi connectivity index (χ0v) is 16.3. The monoisotopic (exact) mass is 409 g/mol. The Morgan fingerprint density at radius 1 is 1.10 bits per heavy atom. The predicted octanol–water partition coefficient (Wildman–Crippen LogP) is 4.24. The second-order valence-corrected chi connectivity index (χ2v) is 8.41. The third-order valence-electron chi connectivity index (χ3n) is 6.55. The van der Waals surface area contributed by atoms with E-state index >= 15 is 0 Å². The molecule has 154 valence electrons. The zero-order valence-electron chi connectivity index (χ0n) is 16.3. The van der Waals surface area contributed by atoms with Crippen molar-refractivity contribution in [2.45, 2.75) is 32.1 Å². The molecule has 2 saturated carbocycles. The summed E-state index contributed by atoms with van der Waals surface area (Å²) in [5.41, 5.74) is 2.33. The molecule has 0 spiro atoms. The Balaban J connectivity index is 1.51. The molecule has 1 heterocycles. The van der Waals surface area contributed by atoms with Gasteiger partial charge in [-0.15, -0.1) is 9.89 Å². The Kier molecular flexibility index (Phi) is 4.60. The number of nitrogens with one attached hydrogen (secondary N) is 1. The number of hydrogen-bond acceptors (Lipinski definition) is 3. The molecule has 0 unspecified atom stereocenters. The van der Waals surface area contributed by atoms with Crippen LogP contribution in [0.2, 0.25) is 0 Å². The summed E-state index contributed by atoms with van der Waals surface area (Å²) in [5, 5.41) is 4.97. The molecule has 2 aliphatic rings. The molecule has 7 heteroatoms. The summed E-state index contributed by atoms with van der Waals surface area (Å²) in [4.78, 5) is 26.4. The van der Waals surface area contributed by atoms with E-state index in [0.29, 0.717) is 29.0 Å². The number of carbonyl (C=O) groups is 1. The van der Waals surface area contributed by atoms with Crippen molar-refractivity contribution in [2.75, 3.05) is 5.43 Å². The maximum Gasteiger partial charge on any atom is 0.294 e. The fourth-order valence-electron chi connectivity index (χ4n) is 5.17. The highest BCUT2D eigenvalue weighted by Crippen LogP contribution is 2.49. The number of nitrogens with zero attached hydrogens (tertiary/aromatic N) is 2. The van der Waals surface area contributed by atoms with Gasteiger partial charge in [0.15, 0.2) is 0 Å². The summed E-state index contributed by atoms with van der Waals surface area (Å²) in [7, 11) is 0. The third-order valence-corrected chi connectivity index (χ3v) is 6.55. The highest BCUT2D eigenvalue weighted by Gasteiger charge is 2.40. The number of rotatable bonds is 4. The van der Waals surface area contributed by atoms with E-state index in [4.69, 9.17) is 0 Å². The van der Waals surface area contributed by atoms with Crippen molar-refractivity contribution in [1.29, 1.82) is 0 Å². The maximum atomic E-state index is 14.5. The highest BCUT2D eigenvalue weighted by molar-refractivity contribution is 5.94. The lowest BCUT2D eigenvalue weighted by molar-refractivity contribution is -0.118. The molecule has 3 atom stereocenters. The summed E-state index contributed by atoms with van der Waals surface area (Å²) < 4.78 is 27.8. The van der Waals surface area contributed by atoms with E-state index in [0.717, 1.165) is 29.3 Å². The van der Waals surface area contributed by atoms with Crippen molar-refractivity contribution in [3.05, 3.63) is 64.5 Å².